The Morgan fingerprint density at radius 3 is 2.52 bits per heavy atom. The average Bonchev–Trinajstić information content (AvgIpc) is 3.07. The molecule has 1 saturated heterocycles. The number of carbonyl (C=O) groups is 2. The highest BCUT2D eigenvalue weighted by Gasteiger charge is 2.34. The number of aryl methyl sites for hydroxylation is 1. The molecule has 0 radical (unpaired) electrons. The fourth-order valence-corrected chi connectivity index (χ4v) is 3.96. The molecule has 1 aromatic heterocycles. The van der Waals surface area contributed by atoms with Crippen LogP contribution in [0.15, 0.2) is 47.9 Å². The van der Waals surface area contributed by atoms with Crippen molar-refractivity contribution >= 4 is 29.0 Å². The molecule has 6 heteroatoms. The minimum absolute atomic E-state index is 0.229. The molecule has 140 valence electrons. The first-order valence-electron chi connectivity index (χ1n) is 8.74. The highest BCUT2D eigenvalue weighted by Crippen LogP contribution is 2.33. The van der Waals surface area contributed by atoms with E-state index in [0.717, 1.165) is 40.2 Å². The maximum Gasteiger partial charge on any atom is 0.293 e. The minimum atomic E-state index is -0.268. The van der Waals surface area contributed by atoms with Crippen molar-refractivity contribution in [3.63, 3.8) is 0 Å². The molecule has 3 rings (SSSR count). The summed E-state index contributed by atoms with van der Waals surface area (Å²) < 4.78 is 7.62. The summed E-state index contributed by atoms with van der Waals surface area (Å²) in [4.78, 5) is 26.1. The molecule has 2 aromatic rings. The lowest BCUT2D eigenvalue weighted by Crippen LogP contribution is -2.27. The van der Waals surface area contributed by atoms with Gasteiger partial charge in [0.25, 0.3) is 11.1 Å². The lowest BCUT2D eigenvalue weighted by Gasteiger charge is -2.11. The lowest BCUT2D eigenvalue weighted by molar-refractivity contribution is -0.122. The van der Waals surface area contributed by atoms with Crippen molar-refractivity contribution in [2.45, 2.75) is 20.8 Å². The molecule has 2 heterocycles. The van der Waals surface area contributed by atoms with Crippen molar-refractivity contribution in [3.8, 4) is 11.4 Å². The smallest absolute Gasteiger partial charge is 0.293 e. The second-order valence-electron chi connectivity index (χ2n) is 6.17. The number of imide groups is 1. The minimum Gasteiger partial charge on any atom is -0.494 e. The van der Waals surface area contributed by atoms with Gasteiger partial charge >= 0.3 is 0 Å². The number of nitrogens with zero attached hydrogens (tertiary/aromatic N) is 2. The topological polar surface area (TPSA) is 51.5 Å². The average molecular weight is 382 g/mol. The van der Waals surface area contributed by atoms with Gasteiger partial charge in [-0.25, -0.2) is 0 Å². The molecular formula is C21H22N2O3S. The zero-order chi connectivity index (χ0) is 19.6. The van der Waals surface area contributed by atoms with Gasteiger partial charge in [-0.3, -0.25) is 14.5 Å². The zero-order valence-corrected chi connectivity index (χ0v) is 16.5. The van der Waals surface area contributed by atoms with E-state index in [1.165, 1.54) is 4.90 Å². The SMILES string of the molecule is C=CCN1C(=O)S/C(=C/c2cc(C)n(-c3ccc(OCC)cc3)c2C)C1=O. The van der Waals surface area contributed by atoms with Gasteiger partial charge in [-0.15, -0.1) is 6.58 Å². The Hall–Kier alpha value is -2.73. The van der Waals surface area contributed by atoms with Crippen LogP contribution in [0.4, 0.5) is 4.79 Å². The first kappa shape index (κ1) is 19.0. The first-order valence-corrected chi connectivity index (χ1v) is 9.56. The van der Waals surface area contributed by atoms with Crippen molar-refractivity contribution in [1.82, 2.24) is 9.47 Å². The Labute approximate surface area is 163 Å². The molecule has 0 N–H and O–H groups in total. The van der Waals surface area contributed by atoms with Gasteiger partial charge in [-0.2, -0.15) is 0 Å². The summed E-state index contributed by atoms with van der Waals surface area (Å²) in [5.74, 6) is 0.565. The van der Waals surface area contributed by atoms with Gasteiger partial charge in [0.15, 0.2) is 0 Å². The van der Waals surface area contributed by atoms with Gasteiger partial charge in [0.1, 0.15) is 5.75 Å². The van der Waals surface area contributed by atoms with E-state index in [0.29, 0.717) is 11.5 Å². The normalized spacial score (nSPS) is 15.7. The summed E-state index contributed by atoms with van der Waals surface area (Å²) in [6.07, 6.45) is 3.35. The fraction of sp³-hybridized carbons (Fsp3) is 0.238. The van der Waals surface area contributed by atoms with Crippen molar-refractivity contribution in [2.75, 3.05) is 13.2 Å². The van der Waals surface area contributed by atoms with E-state index in [1.54, 1.807) is 12.2 Å². The highest BCUT2D eigenvalue weighted by molar-refractivity contribution is 8.18. The van der Waals surface area contributed by atoms with Crippen molar-refractivity contribution in [1.29, 1.82) is 0 Å². The van der Waals surface area contributed by atoms with Crippen LogP contribution in [0.5, 0.6) is 5.75 Å². The van der Waals surface area contributed by atoms with Crippen LogP contribution in [0.1, 0.15) is 23.9 Å². The molecule has 1 fully saturated rings. The van der Waals surface area contributed by atoms with Gasteiger partial charge in [0, 0.05) is 23.6 Å². The summed E-state index contributed by atoms with van der Waals surface area (Å²) in [6, 6.07) is 9.92. The molecule has 27 heavy (non-hydrogen) atoms. The van der Waals surface area contributed by atoms with E-state index >= 15 is 0 Å². The van der Waals surface area contributed by atoms with Crippen molar-refractivity contribution in [2.24, 2.45) is 0 Å². The number of rotatable bonds is 6. The maximum atomic E-state index is 12.4. The van der Waals surface area contributed by atoms with Crippen molar-refractivity contribution < 1.29 is 14.3 Å². The Morgan fingerprint density at radius 1 is 1.19 bits per heavy atom. The fourth-order valence-electron chi connectivity index (χ4n) is 3.12. The number of hydrogen-bond acceptors (Lipinski definition) is 4. The molecule has 0 saturated carbocycles. The summed E-state index contributed by atoms with van der Waals surface area (Å²) >= 11 is 0.969. The zero-order valence-electron chi connectivity index (χ0n) is 15.7. The molecule has 0 atom stereocenters. The Morgan fingerprint density at radius 2 is 1.89 bits per heavy atom. The second-order valence-corrected chi connectivity index (χ2v) is 7.16. The number of ether oxygens (including phenoxy) is 1. The van der Waals surface area contributed by atoms with Crippen LogP contribution in [0.25, 0.3) is 11.8 Å². The Kier molecular flexibility index (Phi) is 5.56. The molecule has 1 aliphatic rings. The van der Waals surface area contributed by atoms with Crippen LogP contribution >= 0.6 is 11.8 Å². The summed E-state index contributed by atoms with van der Waals surface area (Å²) in [7, 11) is 0. The maximum absolute atomic E-state index is 12.4. The van der Waals surface area contributed by atoms with Crippen LogP contribution in [-0.4, -0.2) is 33.8 Å². The second kappa shape index (κ2) is 7.88. The van der Waals surface area contributed by atoms with Gasteiger partial charge < -0.3 is 9.30 Å². The van der Waals surface area contributed by atoms with Gasteiger partial charge in [0.05, 0.1) is 11.5 Å². The van der Waals surface area contributed by atoms with E-state index in [4.69, 9.17) is 4.74 Å². The molecule has 0 spiro atoms. The predicted octanol–water partition coefficient (Wildman–Crippen LogP) is 4.72. The van der Waals surface area contributed by atoms with E-state index in [-0.39, 0.29) is 17.7 Å². The number of amides is 2. The quantitative estimate of drug-likeness (QED) is 0.536. The standard InChI is InChI=1S/C21H22N2O3S/c1-5-11-22-20(24)19(27-21(22)25)13-16-12-14(3)23(15(16)4)17-7-9-18(10-8-17)26-6-2/h5,7-10,12-13H,1,6,11H2,2-4H3/b19-13+. The molecule has 0 aliphatic carbocycles. The van der Waals surface area contributed by atoms with E-state index in [9.17, 15) is 9.59 Å². The van der Waals surface area contributed by atoms with Gasteiger partial charge in [0.2, 0.25) is 0 Å². The molecule has 0 bridgehead atoms. The van der Waals surface area contributed by atoms with Crippen LogP contribution in [0.2, 0.25) is 0 Å². The number of benzene rings is 1. The summed E-state index contributed by atoms with van der Waals surface area (Å²) in [5, 5.41) is -0.258. The Bertz CT molecular complexity index is 926. The van der Waals surface area contributed by atoms with Crippen molar-refractivity contribution in [3.05, 3.63) is 64.8 Å². The van der Waals surface area contributed by atoms with E-state index in [2.05, 4.69) is 11.1 Å². The monoisotopic (exact) mass is 382 g/mol. The summed E-state index contributed by atoms with van der Waals surface area (Å²) in [6.45, 7) is 10.4. The predicted molar refractivity (Wildman–Crippen MR) is 109 cm³/mol. The number of aromatic nitrogens is 1. The lowest BCUT2D eigenvalue weighted by atomic mass is 10.2. The summed E-state index contributed by atoms with van der Waals surface area (Å²) in [5.41, 5.74) is 4.00. The third kappa shape index (κ3) is 3.71. The molecule has 5 nitrogen and oxygen atoms in total. The third-order valence-electron chi connectivity index (χ3n) is 4.35. The highest BCUT2D eigenvalue weighted by atomic mass is 32.2. The van der Waals surface area contributed by atoms with Crippen LogP contribution < -0.4 is 4.74 Å². The number of hydrogen-bond donors (Lipinski definition) is 0. The first-order chi connectivity index (χ1) is 13.0. The van der Waals surface area contributed by atoms with Gasteiger partial charge in [-0.05, 0) is 74.5 Å². The largest absolute Gasteiger partial charge is 0.494 e. The van der Waals surface area contributed by atoms with E-state index in [1.807, 2.05) is 51.1 Å². The number of thioether (sulfide) groups is 1. The number of carbonyl (C=O) groups excluding carboxylic acids is 2. The molecule has 1 aromatic carbocycles. The molecule has 1 aliphatic heterocycles. The van der Waals surface area contributed by atoms with Crippen LogP contribution in [-0.2, 0) is 4.79 Å². The molecule has 0 unspecified atom stereocenters. The van der Waals surface area contributed by atoms with Crippen LogP contribution in [0, 0.1) is 13.8 Å². The molecular weight excluding hydrogens is 360 g/mol. The third-order valence-corrected chi connectivity index (χ3v) is 5.26. The van der Waals surface area contributed by atoms with E-state index < -0.39 is 0 Å². The Balaban J connectivity index is 1.93. The van der Waals surface area contributed by atoms with Gasteiger partial charge in [-0.1, -0.05) is 6.08 Å². The molecule has 2 amide bonds. The van der Waals surface area contributed by atoms with Crippen LogP contribution in [0.3, 0.4) is 0 Å².